The lowest BCUT2D eigenvalue weighted by molar-refractivity contribution is 0.590. The average Bonchev–Trinajstić information content (AvgIpc) is 2.51. The molecule has 0 aliphatic heterocycles. The van der Waals surface area contributed by atoms with Gasteiger partial charge in [0.1, 0.15) is 17.7 Å². The van der Waals surface area contributed by atoms with Gasteiger partial charge in [0.2, 0.25) is 5.96 Å². The maximum absolute atomic E-state index is 8.67. The molecule has 0 radical (unpaired) electrons. The van der Waals surface area contributed by atoms with Gasteiger partial charge in [0.25, 0.3) is 0 Å². The summed E-state index contributed by atoms with van der Waals surface area (Å²) in [5.74, 6) is 0.424. The molecule has 0 unspecified atom stereocenters. The van der Waals surface area contributed by atoms with Gasteiger partial charge >= 0.3 is 0 Å². The SMILES string of the molecule is C/C(=N\NC(=NC=C(C#N)C#N)N(C)C)c1ccccc1. The van der Waals surface area contributed by atoms with E-state index in [1.54, 1.807) is 31.1 Å². The highest BCUT2D eigenvalue weighted by Crippen LogP contribution is 2.00. The van der Waals surface area contributed by atoms with Crippen molar-refractivity contribution in [2.45, 2.75) is 6.92 Å². The van der Waals surface area contributed by atoms with Crippen molar-refractivity contribution in [3.63, 3.8) is 0 Å². The quantitative estimate of drug-likeness (QED) is 0.396. The van der Waals surface area contributed by atoms with Crippen molar-refractivity contribution >= 4 is 11.7 Å². The third-order valence-corrected chi connectivity index (χ3v) is 2.50. The molecule has 0 aliphatic rings. The molecule has 1 aromatic rings. The second-order valence-electron chi connectivity index (χ2n) is 4.29. The first-order chi connectivity index (χ1) is 10.1. The van der Waals surface area contributed by atoms with Crippen LogP contribution < -0.4 is 5.43 Å². The van der Waals surface area contributed by atoms with Crippen molar-refractivity contribution in [3.05, 3.63) is 47.7 Å². The number of hydrogen-bond donors (Lipinski definition) is 1. The predicted octanol–water partition coefficient (Wildman–Crippen LogP) is 1.85. The van der Waals surface area contributed by atoms with Gasteiger partial charge < -0.3 is 4.90 Å². The zero-order valence-corrected chi connectivity index (χ0v) is 12.2. The monoisotopic (exact) mass is 280 g/mol. The molecule has 0 aliphatic carbocycles. The molecule has 6 nitrogen and oxygen atoms in total. The summed E-state index contributed by atoms with van der Waals surface area (Å²) in [6.07, 6.45) is 1.20. The number of nitrogens with zero attached hydrogens (tertiary/aromatic N) is 5. The second-order valence-corrected chi connectivity index (χ2v) is 4.29. The molecule has 0 heterocycles. The molecule has 1 N–H and O–H groups in total. The van der Waals surface area contributed by atoms with E-state index in [0.717, 1.165) is 11.3 Å². The topological polar surface area (TPSA) is 87.6 Å². The molecule has 0 spiro atoms. The van der Waals surface area contributed by atoms with Gasteiger partial charge in [-0.25, -0.2) is 10.4 Å². The van der Waals surface area contributed by atoms with Gasteiger partial charge in [-0.1, -0.05) is 30.3 Å². The van der Waals surface area contributed by atoms with Crippen LogP contribution in [0, 0.1) is 22.7 Å². The maximum atomic E-state index is 8.67. The molecule has 21 heavy (non-hydrogen) atoms. The molecule has 0 fully saturated rings. The standard InChI is InChI=1S/C15H16N6/c1-12(14-7-5-4-6-8-14)19-20-15(21(2)3)18-11-13(9-16)10-17/h4-8,11H,1-3H3,(H,18,20)/b19-12+. The van der Waals surface area contributed by atoms with Gasteiger partial charge in [-0.15, -0.1) is 0 Å². The summed E-state index contributed by atoms with van der Waals surface area (Å²) in [7, 11) is 3.57. The van der Waals surface area contributed by atoms with Gasteiger partial charge in [0.15, 0.2) is 0 Å². The number of aliphatic imine (C=N–C) groups is 1. The molecule has 106 valence electrons. The number of hydrazone groups is 1. The van der Waals surface area contributed by atoms with Crippen LogP contribution in [0.4, 0.5) is 0 Å². The smallest absolute Gasteiger partial charge is 0.218 e. The van der Waals surface area contributed by atoms with Gasteiger partial charge in [0.05, 0.1) is 11.9 Å². The lowest BCUT2D eigenvalue weighted by Gasteiger charge is -2.14. The summed E-state index contributed by atoms with van der Waals surface area (Å²) >= 11 is 0. The Bertz CT molecular complexity index is 625. The Morgan fingerprint density at radius 3 is 2.33 bits per heavy atom. The fraction of sp³-hybridized carbons (Fsp3) is 0.200. The summed E-state index contributed by atoms with van der Waals surface area (Å²) in [5.41, 5.74) is 4.55. The summed E-state index contributed by atoms with van der Waals surface area (Å²) in [5, 5.41) is 21.6. The number of hydrogen-bond acceptors (Lipinski definition) is 4. The third-order valence-electron chi connectivity index (χ3n) is 2.50. The Labute approximate surface area is 124 Å². The summed E-state index contributed by atoms with van der Waals surface area (Å²) < 4.78 is 0. The van der Waals surface area contributed by atoms with E-state index in [1.165, 1.54) is 6.20 Å². The maximum Gasteiger partial charge on any atom is 0.218 e. The fourth-order valence-corrected chi connectivity index (χ4v) is 1.33. The summed E-state index contributed by atoms with van der Waals surface area (Å²) in [4.78, 5) is 5.75. The van der Waals surface area contributed by atoms with Crippen LogP contribution in [0.2, 0.25) is 0 Å². The van der Waals surface area contributed by atoms with Crippen LogP contribution >= 0.6 is 0 Å². The zero-order chi connectivity index (χ0) is 15.7. The number of benzene rings is 1. The van der Waals surface area contributed by atoms with Crippen molar-refractivity contribution in [1.82, 2.24) is 10.3 Å². The first-order valence-corrected chi connectivity index (χ1v) is 6.19. The van der Waals surface area contributed by atoms with Crippen LogP contribution in [0.3, 0.4) is 0 Å². The molecule has 0 saturated carbocycles. The number of allylic oxidation sites excluding steroid dienone is 1. The first-order valence-electron chi connectivity index (χ1n) is 6.19. The molecule has 0 bridgehead atoms. The molecule has 1 aromatic carbocycles. The summed E-state index contributed by atoms with van der Waals surface area (Å²) in [6, 6.07) is 13.2. The Morgan fingerprint density at radius 1 is 1.19 bits per heavy atom. The fourth-order valence-electron chi connectivity index (χ4n) is 1.33. The van der Waals surface area contributed by atoms with Crippen molar-refractivity contribution in [2.24, 2.45) is 10.1 Å². The van der Waals surface area contributed by atoms with Crippen LogP contribution in [-0.2, 0) is 0 Å². The van der Waals surface area contributed by atoms with E-state index in [-0.39, 0.29) is 5.57 Å². The van der Waals surface area contributed by atoms with Crippen LogP contribution in [0.15, 0.2) is 52.2 Å². The molecule has 0 amide bonds. The number of rotatable bonds is 3. The minimum Gasteiger partial charge on any atom is -0.347 e. The Hall–Kier alpha value is -3.12. The Balaban J connectivity index is 2.91. The second kappa shape index (κ2) is 8.13. The van der Waals surface area contributed by atoms with E-state index in [4.69, 9.17) is 10.5 Å². The van der Waals surface area contributed by atoms with E-state index in [2.05, 4.69) is 15.5 Å². The van der Waals surface area contributed by atoms with Crippen molar-refractivity contribution in [1.29, 1.82) is 10.5 Å². The predicted molar refractivity (Wildman–Crippen MR) is 82.2 cm³/mol. The molecule has 0 atom stereocenters. The first kappa shape index (κ1) is 15.9. The lowest BCUT2D eigenvalue weighted by Crippen LogP contribution is -2.33. The highest BCUT2D eigenvalue weighted by atomic mass is 15.4. The Morgan fingerprint density at radius 2 is 1.81 bits per heavy atom. The molecule has 1 rings (SSSR count). The summed E-state index contributed by atoms with van der Waals surface area (Å²) in [6.45, 7) is 1.88. The van der Waals surface area contributed by atoms with Crippen molar-refractivity contribution in [3.8, 4) is 12.1 Å². The largest absolute Gasteiger partial charge is 0.347 e. The Kier molecular flexibility index (Phi) is 6.17. The van der Waals surface area contributed by atoms with Crippen LogP contribution in [-0.4, -0.2) is 30.7 Å². The van der Waals surface area contributed by atoms with Crippen LogP contribution in [0.1, 0.15) is 12.5 Å². The van der Waals surface area contributed by atoms with E-state index in [9.17, 15) is 0 Å². The number of nitrogens with one attached hydrogen (secondary N) is 1. The zero-order valence-electron chi connectivity index (χ0n) is 12.2. The minimum absolute atomic E-state index is 0.0695. The third kappa shape index (κ3) is 5.17. The van der Waals surface area contributed by atoms with Gasteiger partial charge in [-0.05, 0) is 12.5 Å². The molecule has 6 heteroatoms. The average molecular weight is 280 g/mol. The van der Waals surface area contributed by atoms with Crippen LogP contribution in [0.25, 0.3) is 0 Å². The minimum atomic E-state index is -0.0695. The van der Waals surface area contributed by atoms with Crippen molar-refractivity contribution in [2.75, 3.05) is 14.1 Å². The highest BCUT2D eigenvalue weighted by Gasteiger charge is 2.01. The number of nitriles is 2. The van der Waals surface area contributed by atoms with E-state index in [0.29, 0.717) is 5.96 Å². The van der Waals surface area contributed by atoms with Crippen molar-refractivity contribution < 1.29 is 0 Å². The highest BCUT2D eigenvalue weighted by molar-refractivity contribution is 5.99. The normalized spacial score (nSPS) is 11.1. The van der Waals surface area contributed by atoms with E-state index < -0.39 is 0 Å². The van der Waals surface area contributed by atoms with Gasteiger partial charge in [0, 0.05) is 14.1 Å². The van der Waals surface area contributed by atoms with E-state index in [1.807, 2.05) is 37.3 Å². The number of guanidine groups is 1. The molecule has 0 aromatic heterocycles. The van der Waals surface area contributed by atoms with Gasteiger partial charge in [-0.3, -0.25) is 0 Å². The lowest BCUT2D eigenvalue weighted by atomic mass is 10.1. The van der Waals surface area contributed by atoms with Crippen LogP contribution in [0.5, 0.6) is 0 Å². The molecule has 0 saturated heterocycles. The van der Waals surface area contributed by atoms with E-state index >= 15 is 0 Å². The molecular formula is C15H16N6. The van der Waals surface area contributed by atoms with Gasteiger partial charge in [-0.2, -0.15) is 15.6 Å². The molecular weight excluding hydrogens is 264 g/mol.